The van der Waals surface area contributed by atoms with Crippen LogP contribution in [0.2, 0.25) is 0 Å². The van der Waals surface area contributed by atoms with E-state index in [1.165, 1.54) is 7.11 Å². The van der Waals surface area contributed by atoms with Crippen LogP contribution in [0.4, 0.5) is 0 Å². The minimum Gasteiger partial charge on any atom is -0.467 e. The zero-order valence-electron chi connectivity index (χ0n) is 32.0. The zero-order valence-corrected chi connectivity index (χ0v) is 32.0. The van der Waals surface area contributed by atoms with Crippen molar-refractivity contribution < 1.29 is 28.7 Å². The van der Waals surface area contributed by atoms with E-state index in [0.717, 1.165) is 31.4 Å². The summed E-state index contributed by atoms with van der Waals surface area (Å²) in [5.74, 6) is -1.64. The number of esters is 1. The summed E-state index contributed by atoms with van der Waals surface area (Å²) in [5.41, 5.74) is 0.732. The van der Waals surface area contributed by atoms with Gasteiger partial charge in [0.1, 0.15) is 18.1 Å². The fourth-order valence-corrected chi connectivity index (χ4v) is 7.13. The number of hydrogen-bond donors (Lipinski definition) is 2. The van der Waals surface area contributed by atoms with Crippen LogP contribution in [-0.2, 0) is 35.1 Å². The molecule has 2 unspecified atom stereocenters. The van der Waals surface area contributed by atoms with E-state index < -0.39 is 41.5 Å². The Morgan fingerprint density at radius 2 is 1.54 bits per heavy atom. The van der Waals surface area contributed by atoms with Gasteiger partial charge in [-0.25, -0.2) is 4.79 Å². The van der Waals surface area contributed by atoms with Gasteiger partial charge in [-0.2, -0.15) is 0 Å². The van der Waals surface area contributed by atoms with Crippen molar-refractivity contribution in [2.75, 3.05) is 27.2 Å². The van der Waals surface area contributed by atoms with Crippen LogP contribution in [-0.4, -0.2) is 108 Å². The first kappa shape index (κ1) is 40.7. The van der Waals surface area contributed by atoms with E-state index in [-0.39, 0.29) is 42.1 Å². The molecule has 0 bridgehead atoms. The molecule has 2 heterocycles. The summed E-state index contributed by atoms with van der Waals surface area (Å²) >= 11 is 0. The number of hydrogen-bond acceptors (Lipinski definition) is 7. The van der Waals surface area contributed by atoms with Crippen molar-refractivity contribution in [1.82, 2.24) is 25.3 Å². The van der Waals surface area contributed by atoms with Gasteiger partial charge >= 0.3 is 5.97 Å². The highest BCUT2D eigenvalue weighted by molar-refractivity contribution is 5.98. The lowest BCUT2D eigenvalue weighted by Gasteiger charge is -2.41. The molecule has 11 nitrogen and oxygen atoms in total. The van der Waals surface area contributed by atoms with E-state index in [9.17, 15) is 24.0 Å². The summed E-state index contributed by atoms with van der Waals surface area (Å²) in [6.45, 7) is 17.0. The lowest BCUT2D eigenvalue weighted by molar-refractivity contribution is -0.146. The van der Waals surface area contributed by atoms with Crippen LogP contribution in [0.1, 0.15) is 93.1 Å². The Kier molecular flexibility index (Phi) is 14.6. The minimum absolute atomic E-state index is 0.0470. The average molecular weight is 696 g/mol. The minimum atomic E-state index is -0.892. The van der Waals surface area contributed by atoms with Gasteiger partial charge in [0.25, 0.3) is 0 Å². The number of piperidine rings is 1. The van der Waals surface area contributed by atoms with E-state index in [1.54, 1.807) is 29.8 Å². The normalized spacial score (nSPS) is 20.6. The van der Waals surface area contributed by atoms with Crippen molar-refractivity contribution in [3.63, 3.8) is 0 Å². The summed E-state index contributed by atoms with van der Waals surface area (Å²) in [6, 6.07) is 6.46. The molecule has 0 aromatic heterocycles. The predicted molar refractivity (Wildman–Crippen MR) is 195 cm³/mol. The first-order valence-electron chi connectivity index (χ1n) is 18.2. The van der Waals surface area contributed by atoms with Gasteiger partial charge < -0.3 is 25.2 Å². The molecule has 2 fully saturated rings. The van der Waals surface area contributed by atoms with Gasteiger partial charge in [0.2, 0.25) is 23.6 Å². The molecule has 0 saturated carbocycles. The van der Waals surface area contributed by atoms with Gasteiger partial charge in [0, 0.05) is 31.6 Å². The molecule has 0 radical (unpaired) electrons. The fourth-order valence-electron chi connectivity index (χ4n) is 7.13. The number of nitrogens with zero attached hydrogens (tertiary/aromatic N) is 3. The number of benzene rings is 1. The van der Waals surface area contributed by atoms with Gasteiger partial charge in [0.15, 0.2) is 0 Å². The van der Waals surface area contributed by atoms with Gasteiger partial charge in [-0.05, 0) is 69.9 Å². The molecule has 1 aromatic carbocycles. The summed E-state index contributed by atoms with van der Waals surface area (Å²) in [6.07, 6.45) is 5.97. The molecular formula is C39H61N5O6. The van der Waals surface area contributed by atoms with Crippen LogP contribution in [0.5, 0.6) is 0 Å². The molecule has 5 atom stereocenters. The van der Waals surface area contributed by atoms with E-state index in [4.69, 9.17) is 4.74 Å². The Bertz CT molecular complexity index is 1370. The maximum absolute atomic E-state index is 14.2. The fraction of sp³-hybridized carbons (Fsp3) is 0.667. The topological polar surface area (TPSA) is 128 Å². The monoisotopic (exact) mass is 695 g/mol. The van der Waals surface area contributed by atoms with Crippen molar-refractivity contribution >= 4 is 29.6 Å². The third-order valence-corrected chi connectivity index (χ3v) is 10.0. The highest BCUT2D eigenvalue weighted by atomic mass is 16.5. The van der Waals surface area contributed by atoms with Crippen molar-refractivity contribution in [1.29, 1.82) is 0 Å². The molecule has 2 aliphatic heterocycles. The number of nitrogens with one attached hydrogen (secondary N) is 2. The number of ether oxygens (including phenoxy) is 1. The summed E-state index contributed by atoms with van der Waals surface area (Å²) in [4.78, 5) is 73.3. The lowest BCUT2D eigenvalue weighted by atomic mass is 9.84. The SMILES string of the molecule is COC(=O)[C@H](Cc1ccccc1)NC(=O)C1CCCN1C(=O)/C(C)=C/[C@H](C(C)C)N(C)C(=O)C(NC(=O)[C@H]1CCCCN1C(C)C)C(C)(C)C. The summed E-state index contributed by atoms with van der Waals surface area (Å²) < 4.78 is 4.97. The number of carbonyl (C=O) groups is 5. The van der Waals surface area contributed by atoms with Crippen LogP contribution in [0.15, 0.2) is 42.0 Å². The number of amides is 4. The first-order valence-corrected chi connectivity index (χ1v) is 18.2. The van der Waals surface area contributed by atoms with Crippen LogP contribution in [0, 0.1) is 11.3 Å². The number of carbonyl (C=O) groups excluding carboxylic acids is 5. The Morgan fingerprint density at radius 3 is 2.12 bits per heavy atom. The highest BCUT2D eigenvalue weighted by Gasteiger charge is 2.41. The Balaban J connectivity index is 1.78. The van der Waals surface area contributed by atoms with Crippen LogP contribution >= 0.6 is 0 Å². The molecule has 11 heteroatoms. The van der Waals surface area contributed by atoms with E-state index in [2.05, 4.69) is 29.4 Å². The Morgan fingerprint density at radius 1 is 0.920 bits per heavy atom. The van der Waals surface area contributed by atoms with E-state index in [1.807, 2.05) is 65.0 Å². The molecule has 0 aliphatic carbocycles. The molecule has 1 aromatic rings. The van der Waals surface area contributed by atoms with Gasteiger partial charge in [-0.15, -0.1) is 0 Å². The molecule has 278 valence electrons. The standard InChI is InChI=1S/C39H61N5O6/c1-25(2)32(42(9)37(48)33(39(6,7)8)41-35(46)30-19-14-15-21-43(30)26(3)4)23-27(5)36(47)44-22-16-20-31(44)34(45)40-29(38(49)50-10)24-28-17-12-11-13-18-28/h11-13,17-18,23,25-26,29-33H,14-16,19-22,24H2,1-10H3,(H,40,45)(H,41,46)/b27-23+/t29-,30+,31?,32+,33?/m0/s1. The van der Waals surface area contributed by atoms with E-state index >= 15 is 0 Å². The first-order chi connectivity index (χ1) is 23.5. The van der Waals surface area contributed by atoms with Crippen LogP contribution < -0.4 is 10.6 Å². The maximum atomic E-state index is 14.2. The summed E-state index contributed by atoms with van der Waals surface area (Å²) in [5, 5.41) is 5.95. The predicted octanol–water partition coefficient (Wildman–Crippen LogP) is 4.10. The largest absolute Gasteiger partial charge is 0.467 e. The van der Waals surface area contributed by atoms with Crippen molar-refractivity contribution in [3.05, 3.63) is 47.5 Å². The third kappa shape index (κ3) is 10.4. The van der Waals surface area contributed by atoms with Crippen LogP contribution in [0.3, 0.4) is 0 Å². The molecule has 50 heavy (non-hydrogen) atoms. The average Bonchev–Trinajstić information content (AvgIpc) is 3.58. The second-order valence-electron chi connectivity index (χ2n) is 15.6. The quantitative estimate of drug-likeness (QED) is 0.235. The van der Waals surface area contributed by atoms with Crippen molar-refractivity contribution in [2.45, 2.75) is 130 Å². The molecular weight excluding hydrogens is 634 g/mol. The maximum Gasteiger partial charge on any atom is 0.328 e. The number of methoxy groups -OCH3 is 1. The molecule has 0 spiro atoms. The zero-order chi connectivity index (χ0) is 37.3. The molecule has 3 rings (SSSR count). The third-order valence-electron chi connectivity index (χ3n) is 10.0. The van der Waals surface area contributed by atoms with Crippen molar-refractivity contribution in [3.8, 4) is 0 Å². The molecule has 2 saturated heterocycles. The van der Waals surface area contributed by atoms with Gasteiger partial charge in [0.05, 0.1) is 19.2 Å². The molecule has 2 aliphatic rings. The molecule has 2 N–H and O–H groups in total. The second kappa shape index (κ2) is 18.0. The van der Waals surface area contributed by atoms with E-state index in [0.29, 0.717) is 25.0 Å². The second-order valence-corrected chi connectivity index (χ2v) is 15.6. The Labute approximate surface area is 299 Å². The highest BCUT2D eigenvalue weighted by Crippen LogP contribution is 2.27. The van der Waals surface area contributed by atoms with Gasteiger partial charge in [-0.3, -0.25) is 24.1 Å². The van der Waals surface area contributed by atoms with Crippen molar-refractivity contribution in [2.24, 2.45) is 11.3 Å². The van der Waals surface area contributed by atoms with Gasteiger partial charge in [-0.1, -0.05) is 77.4 Å². The molecule has 4 amide bonds. The Hall–Kier alpha value is -3.73. The number of rotatable bonds is 13. The smallest absolute Gasteiger partial charge is 0.328 e. The number of likely N-dealkylation sites (N-methyl/N-ethyl adjacent to an activating group) is 1. The summed E-state index contributed by atoms with van der Waals surface area (Å²) in [7, 11) is 3.01. The van der Waals surface area contributed by atoms with Crippen LogP contribution in [0.25, 0.3) is 0 Å². The lowest BCUT2D eigenvalue weighted by Crippen LogP contribution is -2.60. The number of likely N-dealkylation sites (tertiary alicyclic amines) is 2.